The van der Waals surface area contributed by atoms with Crippen molar-refractivity contribution in [3.8, 4) is 34.8 Å². The zero-order valence-corrected chi connectivity index (χ0v) is 24.8. The lowest BCUT2D eigenvalue weighted by atomic mass is 9.70. The summed E-state index contributed by atoms with van der Waals surface area (Å²) in [6, 6.07) is 11.6. The highest BCUT2D eigenvalue weighted by Gasteiger charge is 2.46. The van der Waals surface area contributed by atoms with Crippen LogP contribution in [0.4, 0.5) is 0 Å². The van der Waals surface area contributed by atoms with E-state index in [2.05, 4.69) is 23.7 Å². The Morgan fingerprint density at radius 1 is 0.696 bits per heavy atom. The molecule has 3 heterocycles. The van der Waals surface area contributed by atoms with Gasteiger partial charge in [-0.15, -0.1) is 0 Å². The van der Waals surface area contributed by atoms with Crippen molar-refractivity contribution in [3.05, 3.63) is 58.7 Å². The predicted molar refractivity (Wildman–Crippen MR) is 161 cm³/mol. The molecule has 8 unspecified atom stereocenters. The van der Waals surface area contributed by atoms with Gasteiger partial charge in [0, 0.05) is 29.6 Å². The fourth-order valence-electron chi connectivity index (χ4n) is 6.95. The summed E-state index contributed by atoms with van der Waals surface area (Å²) in [5.74, 6) is 11.7. The molecule has 6 rings (SSSR count). The van der Waals surface area contributed by atoms with Crippen LogP contribution in [0.3, 0.4) is 0 Å². The van der Waals surface area contributed by atoms with Crippen LogP contribution in [0, 0.1) is 23.7 Å². The Morgan fingerprint density at radius 3 is 1.52 bits per heavy atom. The first-order valence-electron chi connectivity index (χ1n) is 15.2. The number of aliphatic hydroxyl groups is 8. The maximum atomic E-state index is 11.6. The summed E-state index contributed by atoms with van der Waals surface area (Å²) < 4.78 is 11.1. The van der Waals surface area contributed by atoms with Crippen LogP contribution < -0.4 is 0 Å². The van der Waals surface area contributed by atoms with Gasteiger partial charge in [0.15, 0.2) is 0 Å². The van der Waals surface area contributed by atoms with Gasteiger partial charge in [0.05, 0.1) is 13.2 Å². The maximum absolute atomic E-state index is 11.6. The number of hydrogen-bond donors (Lipinski definition) is 8. The number of likely N-dealkylation sites (tertiary alicyclic amines) is 1. The van der Waals surface area contributed by atoms with Gasteiger partial charge in [0.1, 0.15) is 61.0 Å². The lowest BCUT2D eigenvalue weighted by molar-refractivity contribution is -0.214. The Labute approximate surface area is 265 Å². The van der Waals surface area contributed by atoms with E-state index >= 15 is 0 Å². The van der Waals surface area contributed by atoms with E-state index < -0.39 is 79.7 Å². The van der Waals surface area contributed by atoms with Gasteiger partial charge >= 0.3 is 0 Å². The monoisotopic (exact) mass is 635 g/mol. The molecule has 46 heavy (non-hydrogen) atoms. The predicted octanol–water partition coefficient (Wildman–Crippen LogP) is -2.41. The van der Waals surface area contributed by atoms with E-state index in [4.69, 9.17) is 9.47 Å². The molecule has 10 atom stereocenters. The molecule has 0 radical (unpaired) electrons. The summed E-state index contributed by atoms with van der Waals surface area (Å²) in [5, 5.41) is 80.3. The molecule has 0 aromatic heterocycles. The maximum Gasteiger partial charge on any atom is 0.209 e. The van der Waals surface area contributed by atoms with E-state index in [-0.39, 0.29) is 0 Å². The van der Waals surface area contributed by atoms with E-state index in [1.165, 1.54) is 0 Å². The summed E-state index contributed by atoms with van der Waals surface area (Å²) in [6.07, 6.45) is -11.2. The molecule has 12 nitrogen and oxygen atoms in total. The minimum atomic E-state index is -1.52. The molecule has 12 heteroatoms. The highest BCUT2D eigenvalue weighted by molar-refractivity contribution is 5.82. The number of nitrogens with zero attached hydrogens (tertiary/aromatic N) is 1. The fraction of sp³-hybridized carbons (Fsp3) is 0.500. The molecule has 3 aliphatic heterocycles. The number of carbonyl (C=O) groups excluding carboxylic acids is 1. The summed E-state index contributed by atoms with van der Waals surface area (Å²) >= 11 is 0. The number of amides is 1. The van der Waals surface area contributed by atoms with Crippen LogP contribution in [0.15, 0.2) is 36.4 Å². The van der Waals surface area contributed by atoms with Gasteiger partial charge in [-0.3, -0.25) is 4.79 Å². The van der Waals surface area contributed by atoms with Crippen molar-refractivity contribution >= 4 is 6.41 Å². The Hall–Kier alpha value is -3.37. The minimum Gasteiger partial charge on any atom is -0.394 e. The second kappa shape index (κ2) is 13.0. The van der Waals surface area contributed by atoms with Gasteiger partial charge in [-0.2, -0.15) is 0 Å². The molecule has 3 saturated heterocycles. The number of piperidine rings is 1. The van der Waals surface area contributed by atoms with Gasteiger partial charge in [-0.25, -0.2) is 0 Å². The third-order valence-electron chi connectivity index (χ3n) is 9.66. The number of ether oxygens (including phenoxy) is 2. The Bertz CT molecular complexity index is 1470. The topological polar surface area (TPSA) is 201 Å². The first-order chi connectivity index (χ1) is 22.1. The lowest BCUT2D eigenvalue weighted by Gasteiger charge is -2.39. The second-order valence-electron chi connectivity index (χ2n) is 12.3. The molecule has 2 aromatic rings. The van der Waals surface area contributed by atoms with Crippen molar-refractivity contribution in [2.75, 3.05) is 26.3 Å². The highest BCUT2D eigenvalue weighted by Crippen LogP contribution is 2.54. The summed E-state index contributed by atoms with van der Waals surface area (Å²) in [4.78, 5) is 13.3. The molecule has 1 spiro atoms. The third-order valence-corrected chi connectivity index (χ3v) is 9.66. The Balaban J connectivity index is 1.33. The SMILES string of the molecule is O=CN1CCC2(CC1)c1cc(C#CC3OC(CO)[C@@H](O)C(O)C3O)ccc1-c1ccc(C#CC3OC(CO)[C@@H](O)C(O)C3O)cc12. The number of hydrogen-bond acceptors (Lipinski definition) is 11. The van der Waals surface area contributed by atoms with Crippen molar-refractivity contribution in [1.29, 1.82) is 0 Å². The zero-order chi connectivity index (χ0) is 32.7. The summed E-state index contributed by atoms with van der Waals surface area (Å²) in [5.41, 5.74) is 4.83. The first kappa shape index (κ1) is 32.6. The highest BCUT2D eigenvalue weighted by atomic mass is 16.5. The average Bonchev–Trinajstić information content (AvgIpc) is 3.33. The molecule has 1 amide bonds. The Kier molecular flexibility index (Phi) is 9.22. The van der Waals surface area contributed by atoms with Crippen LogP contribution in [-0.2, 0) is 19.7 Å². The number of benzene rings is 2. The minimum absolute atomic E-state index is 0.466. The number of rotatable bonds is 3. The molecule has 244 valence electrons. The van der Waals surface area contributed by atoms with E-state index in [1.807, 2.05) is 36.4 Å². The molecule has 4 aliphatic rings. The van der Waals surface area contributed by atoms with Crippen LogP contribution >= 0.6 is 0 Å². The lowest BCUT2D eigenvalue weighted by Crippen LogP contribution is -2.58. The largest absolute Gasteiger partial charge is 0.394 e. The van der Waals surface area contributed by atoms with Crippen LogP contribution in [-0.4, -0.2) is 140 Å². The third kappa shape index (κ3) is 5.61. The molecule has 3 fully saturated rings. The molecular formula is C34H37NO11. The van der Waals surface area contributed by atoms with Gasteiger partial charge in [0.25, 0.3) is 0 Å². The number of carbonyl (C=O) groups is 1. The molecule has 2 aromatic carbocycles. The van der Waals surface area contributed by atoms with Gasteiger partial charge in [-0.05, 0) is 59.4 Å². The van der Waals surface area contributed by atoms with E-state index in [0.717, 1.165) is 28.7 Å². The first-order valence-corrected chi connectivity index (χ1v) is 15.2. The second-order valence-corrected chi connectivity index (χ2v) is 12.3. The van der Waals surface area contributed by atoms with Crippen LogP contribution in [0.5, 0.6) is 0 Å². The van der Waals surface area contributed by atoms with Crippen molar-refractivity contribution in [2.24, 2.45) is 0 Å². The van der Waals surface area contributed by atoms with Crippen molar-refractivity contribution in [1.82, 2.24) is 4.90 Å². The van der Waals surface area contributed by atoms with E-state index in [9.17, 15) is 45.6 Å². The van der Waals surface area contributed by atoms with Crippen molar-refractivity contribution < 1.29 is 55.1 Å². The fourth-order valence-corrected chi connectivity index (χ4v) is 6.95. The van der Waals surface area contributed by atoms with Crippen LogP contribution in [0.1, 0.15) is 35.1 Å². The molecule has 0 saturated carbocycles. The smallest absolute Gasteiger partial charge is 0.209 e. The van der Waals surface area contributed by atoms with Crippen molar-refractivity contribution in [2.45, 2.75) is 79.3 Å². The Morgan fingerprint density at radius 2 is 1.13 bits per heavy atom. The quantitative estimate of drug-likeness (QED) is 0.132. The standard InChI is InChI=1S/C34H37NO11/c36-15-26-30(41)32(43)28(39)24(45-26)7-3-18-1-5-20-21-6-2-19(4-8-25-29(40)33(44)31(42)27(16-37)46-25)14-23(21)34(22(20)13-18)9-11-35(17-38)12-10-34/h1-2,5-6,13-14,17,24-33,36-37,39-44H,9-12,15-16H2/t24?,25?,26?,27?,28?,29?,30-,31-,32?,33?/m1/s1. The zero-order valence-electron chi connectivity index (χ0n) is 24.8. The summed E-state index contributed by atoms with van der Waals surface area (Å²) in [7, 11) is 0. The molecule has 0 bridgehead atoms. The normalized spacial score (nSPS) is 34.5. The number of aliphatic hydroxyl groups excluding tert-OH is 8. The molecule has 8 N–H and O–H groups in total. The molecular weight excluding hydrogens is 598 g/mol. The number of fused-ring (bicyclic) bond motifs is 5. The van der Waals surface area contributed by atoms with Crippen molar-refractivity contribution in [3.63, 3.8) is 0 Å². The van der Waals surface area contributed by atoms with Gasteiger partial charge < -0.3 is 55.2 Å². The average molecular weight is 636 g/mol. The van der Waals surface area contributed by atoms with Crippen LogP contribution in [0.2, 0.25) is 0 Å². The summed E-state index contributed by atoms with van der Waals surface area (Å²) in [6.45, 7) is -0.0290. The molecule has 1 aliphatic carbocycles. The van der Waals surface area contributed by atoms with Gasteiger partial charge in [-0.1, -0.05) is 35.8 Å². The van der Waals surface area contributed by atoms with E-state index in [0.29, 0.717) is 37.1 Å². The van der Waals surface area contributed by atoms with Crippen LogP contribution in [0.25, 0.3) is 11.1 Å². The van der Waals surface area contributed by atoms with E-state index in [1.54, 1.807) is 4.90 Å². The van der Waals surface area contributed by atoms with Gasteiger partial charge in [0.2, 0.25) is 6.41 Å².